The Balaban J connectivity index is 0.000000591. The summed E-state index contributed by atoms with van der Waals surface area (Å²) >= 11 is 5.10. The van der Waals surface area contributed by atoms with Gasteiger partial charge in [-0.15, -0.1) is 18.3 Å². The van der Waals surface area contributed by atoms with E-state index >= 15 is 0 Å². The molecule has 0 radical (unpaired) electrons. The molecule has 10 nitrogen and oxygen atoms in total. The molecule has 3 N–H and O–H groups in total. The molecule has 0 bridgehead atoms. The average Bonchev–Trinajstić information content (AvgIpc) is 3.59. The number of rotatable bonds is 26. The van der Waals surface area contributed by atoms with Gasteiger partial charge in [-0.2, -0.15) is 0 Å². The first-order valence-corrected chi connectivity index (χ1v) is 28.8. The van der Waals surface area contributed by atoms with Crippen LogP contribution in [0, 0.1) is 5.92 Å². The Bertz CT molecular complexity index is 2580. The van der Waals surface area contributed by atoms with Gasteiger partial charge in [-0.3, -0.25) is 9.59 Å². The normalized spacial score (nSPS) is 13.9. The third-order valence-electron chi connectivity index (χ3n) is 12.4. The van der Waals surface area contributed by atoms with Gasteiger partial charge in [0.25, 0.3) is 11.8 Å². The van der Waals surface area contributed by atoms with Crippen LogP contribution in [-0.2, 0) is 11.2 Å². The molecule has 6 rings (SSSR count). The number of ether oxygens (including phenoxy) is 3. The van der Waals surface area contributed by atoms with Crippen LogP contribution in [0.4, 0.5) is 0 Å². The van der Waals surface area contributed by atoms with Gasteiger partial charge in [-0.1, -0.05) is 116 Å². The molecular formula is C63H82N4O6S3. The summed E-state index contributed by atoms with van der Waals surface area (Å²) in [4.78, 5) is 35.0. The summed E-state index contributed by atoms with van der Waals surface area (Å²) in [6.07, 6.45) is 18.4. The lowest BCUT2D eigenvalue weighted by Gasteiger charge is -2.34. The maximum absolute atomic E-state index is 13.2. The highest BCUT2D eigenvalue weighted by Crippen LogP contribution is 2.42. The number of hydrogen-bond donors (Lipinski definition) is 3. The smallest absolute Gasteiger partial charge is 0.251 e. The second-order valence-corrected chi connectivity index (χ2v) is 21.8. The van der Waals surface area contributed by atoms with Crippen molar-refractivity contribution >= 4 is 58.9 Å². The summed E-state index contributed by atoms with van der Waals surface area (Å²) in [5.74, 6) is 3.02. The Kier molecular flexibility index (Phi) is 29.5. The minimum Gasteiger partial charge on any atom is -0.493 e. The number of nitrogens with one attached hydrogen (secondary N) is 2. The third kappa shape index (κ3) is 21.8. The van der Waals surface area contributed by atoms with Crippen molar-refractivity contribution in [2.24, 2.45) is 5.92 Å². The lowest BCUT2D eigenvalue weighted by Crippen LogP contribution is -2.36. The second kappa shape index (κ2) is 35.6. The van der Waals surface area contributed by atoms with E-state index in [0.717, 1.165) is 108 Å². The van der Waals surface area contributed by atoms with Gasteiger partial charge in [0.2, 0.25) is 0 Å². The van der Waals surface area contributed by atoms with Crippen LogP contribution in [-0.4, -0.2) is 107 Å². The molecule has 1 atom stereocenters. The van der Waals surface area contributed by atoms with E-state index < -0.39 is 6.10 Å². The highest BCUT2D eigenvalue weighted by molar-refractivity contribution is 8.06. The molecule has 4 aromatic rings. The molecule has 4 aromatic carbocycles. The van der Waals surface area contributed by atoms with Crippen molar-refractivity contribution in [3.63, 3.8) is 0 Å². The molecule has 1 fully saturated rings. The number of amides is 2. The topological polar surface area (TPSA) is 113 Å². The van der Waals surface area contributed by atoms with Crippen LogP contribution in [0.2, 0.25) is 0 Å². The molecular weight excluding hydrogens is 1000 g/mol. The number of fused-ring (bicyclic) bond motifs is 2. The van der Waals surface area contributed by atoms with Gasteiger partial charge in [0.1, 0.15) is 12.4 Å². The first-order valence-electron chi connectivity index (χ1n) is 26.2. The molecule has 1 saturated heterocycles. The van der Waals surface area contributed by atoms with Crippen LogP contribution in [0.1, 0.15) is 102 Å². The Hall–Kier alpha value is -5.67. The first kappa shape index (κ1) is 62.9. The minimum atomic E-state index is -0.597. The molecule has 0 spiro atoms. The fourth-order valence-corrected chi connectivity index (χ4v) is 10.6. The van der Waals surface area contributed by atoms with Gasteiger partial charge in [0.15, 0.2) is 11.5 Å². The second-order valence-electron chi connectivity index (χ2n) is 18.4. The quantitative estimate of drug-likeness (QED) is 0.0317. The van der Waals surface area contributed by atoms with Crippen LogP contribution < -0.4 is 20.1 Å². The summed E-state index contributed by atoms with van der Waals surface area (Å²) in [5.41, 5.74) is 5.27. The van der Waals surface area contributed by atoms with E-state index in [2.05, 4.69) is 63.8 Å². The van der Waals surface area contributed by atoms with Crippen LogP contribution >= 0.6 is 35.3 Å². The van der Waals surface area contributed by atoms with Crippen molar-refractivity contribution in [2.75, 3.05) is 79.9 Å². The average molecular weight is 1090 g/mol. The number of para-hydroxylation sites is 1. The van der Waals surface area contributed by atoms with Crippen molar-refractivity contribution in [2.45, 2.75) is 75.2 Å². The molecule has 2 aliphatic heterocycles. The van der Waals surface area contributed by atoms with E-state index in [1.165, 1.54) is 10.5 Å². The predicted octanol–water partition coefficient (Wildman–Crippen LogP) is 13.9. The Morgan fingerprint density at radius 1 is 0.882 bits per heavy atom. The zero-order chi connectivity index (χ0) is 55.1. The summed E-state index contributed by atoms with van der Waals surface area (Å²) in [6, 6.07) is 27.6. The molecule has 1 unspecified atom stereocenters. The SMILES string of the molecule is C=C/C=C(\C)SC(=C)/C=C\C.C=CCS/C=C/C.COc1cccc(C(O)C2CCN(CCc3ccc(C(=O)NCCCCCNC(=O)c4ccc5c(c4)C(OCCN(C)C)=Cc4ccccc4S5)cc3)CC2)c1OC. The van der Waals surface area contributed by atoms with Crippen molar-refractivity contribution in [3.05, 3.63) is 190 Å². The molecule has 76 heavy (non-hydrogen) atoms. The number of benzene rings is 4. The summed E-state index contributed by atoms with van der Waals surface area (Å²) in [5, 5.41) is 19.3. The number of carbonyl (C=O) groups is 2. The van der Waals surface area contributed by atoms with E-state index in [0.29, 0.717) is 42.3 Å². The lowest BCUT2D eigenvalue weighted by molar-refractivity contribution is 0.0572. The van der Waals surface area contributed by atoms with Gasteiger partial charge in [0, 0.05) is 68.9 Å². The molecule has 0 aliphatic carbocycles. The summed E-state index contributed by atoms with van der Waals surface area (Å²) < 4.78 is 17.3. The standard InChI is InChI=1S/C47H58N4O6S.C10H14S.C6H10S/c1-50(2)29-30-57-41-32-36-11-6-7-14-42(36)58-43-20-19-37(31-39(41)43)47(54)49-25-9-5-8-24-48-46(53)35-17-15-33(16-18-35)21-26-51-27-22-34(23-28-51)44(52)38-12-10-13-40(55-3)45(38)56-4;1-5-7-9(3)11-10(4)8-6-2;1-3-5-7-6-4-2/h6-7,10-20,31-32,34,44,52H,5,8-9,21-30H2,1-4H3,(H,48,53)(H,49,54);5-8H,1,4H2,2-3H3;3-4,6H,1,5H2,2H3/b;8-6-,9-7+;6-4+. The number of piperidine rings is 1. The number of methoxy groups -OCH3 is 2. The number of thioether (sulfide) groups is 2. The molecule has 0 saturated carbocycles. The monoisotopic (exact) mass is 1090 g/mol. The molecule has 0 aromatic heterocycles. The third-order valence-corrected chi connectivity index (χ3v) is 15.3. The maximum Gasteiger partial charge on any atom is 0.251 e. The zero-order valence-electron chi connectivity index (χ0n) is 46.0. The highest BCUT2D eigenvalue weighted by atomic mass is 32.2. The number of unbranched alkanes of at least 4 members (excludes halogenated alkanes) is 2. The predicted molar refractivity (Wildman–Crippen MR) is 325 cm³/mol. The molecule has 2 amide bonds. The summed E-state index contributed by atoms with van der Waals surface area (Å²) in [6.45, 7) is 22.4. The number of likely N-dealkylation sites (tertiary alicyclic amines) is 1. The number of allylic oxidation sites excluding steroid dienone is 6. The van der Waals surface area contributed by atoms with Gasteiger partial charge >= 0.3 is 0 Å². The van der Waals surface area contributed by atoms with E-state index in [1.807, 2.05) is 138 Å². The zero-order valence-corrected chi connectivity index (χ0v) is 48.4. The van der Waals surface area contributed by atoms with E-state index in [1.54, 1.807) is 55.6 Å². The molecule has 2 heterocycles. The Morgan fingerprint density at radius 3 is 2.22 bits per heavy atom. The van der Waals surface area contributed by atoms with Crippen molar-refractivity contribution in [1.29, 1.82) is 0 Å². The van der Waals surface area contributed by atoms with Crippen LogP contribution in [0.25, 0.3) is 11.8 Å². The maximum atomic E-state index is 13.2. The van der Waals surface area contributed by atoms with Gasteiger partial charge < -0.3 is 39.8 Å². The Morgan fingerprint density at radius 2 is 1.58 bits per heavy atom. The van der Waals surface area contributed by atoms with Gasteiger partial charge in [-0.05, 0) is 162 Å². The van der Waals surface area contributed by atoms with Crippen LogP contribution in [0.15, 0.2) is 166 Å². The fourth-order valence-electron chi connectivity index (χ4n) is 8.32. The lowest BCUT2D eigenvalue weighted by atomic mass is 9.87. The number of likely N-dealkylation sites (N-methyl/N-ethyl adjacent to an activating group) is 1. The largest absolute Gasteiger partial charge is 0.493 e. The molecule has 13 heteroatoms. The number of aliphatic hydroxyl groups excluding tert-OH is 1. The first-order chi connectivity index (χ1) is 36.8. The number of hydrogen-bond acceptors (Lipinski definition) is 11. The molecule has 408 valence electrons. The van der Waals surface area contributed by atoms with E-state index in [-0.39, 0.29) is 17.7 Å². The summed E-state index contributed by atoms with van der Waals surface area (Å²) in [7, 11) is 7.26. The minimum absolute atomic E-state index is 0.0725. The van der Waals surface area contributed by atoms with Crippen molar-refractivity contribution < 1.29 is 28.9 Å². The van der Waals surface area contributed by atoms with Gasteiger partial charge in [0.05, 0.1) is 20.3 Å². The molecule has 2 aliphatic rings. The van der Waals surface area contributed by atoms with E-state index in [9.17, 15) is 14.7 Å². The van der Waals surface area contributed by atoms with Gasteiger partial charge in [-0.25, -0.2) is 0 Å². The van der Waals surface area contributed by atoms with Crippen LogP contribution in [0.3, 0.4) is 0 Å². The van der Waals surface area contributed by atoms with Crippen LogP contribution in [0.5, 0.6) is 11.5 Å². The highest BCUT2D eigenvalue weighted by Gasteiger charge is 2.29. The Labute approximate surface area is 467 Å². The number of carbonyl (C=O) groups excluding carboxylic acids is 2. The van der Waals surface area contributed by atoms with Crippen molar-refractivity contribution in [1.82, 2.24) is 20.4 Å². The fraction of sp³-hybridized carbons (Fsp3) is 0.365. The van der Waals surface area contributed by atoms with Crippen molar-refractivity contribution in [3.8, 4) is 11.5 Å². The number of nitrogens with zero attached hydrogens (tertiary/aromatic N) is 2. The van der Waals surface area contributed by atoms with E-state index in [4.69, 9.17) is 14.2 Å². The number of aliphatic hydroxyl groups is 1.